The number of piperidine rings is 1. The van der Waals surface area contributed by atoms with Gasteiger partial charge in [-0.05, 0) is 49.4 Å². The minimum Gasteiger partial charge on any atom is -0.369 e. The quantitative estimate of drug-likeness (QED) is 0.755. The average Bonchev–Trinajstić information content (AvgIpc) is 3.23. The molecule has 1 aliphatic rings. The molecule has 1 aliphatic heterocycles. The summed E-state index contributed by atoms with van der Waals surface area (Å²) in [5, 5.41) is 3.26. The summed E-state index contributed by atoms with van der Waals surface area (Å²) in [5.74, 6) is -0.219. The molecular weight excluding hydrogens is 332 g/mol. The summed E-state index contributed by atoms with van der Waals surface area (Å²) in [6.07, 6.45) is 3.81. The number of pyridine rings is 1. The highest BCUT2D eigenvalue weighted by molar-refractivity contribution is 7.13. The molecule has 0 saturated carbocycles. The molecule has 1 fully saturated rings. The van der Waals surface area contributed by atoms with E-state index in [1.54, 1.807) is 11.3 Å². The molecule has 1 amide bonds. The van der Waals surface area contributed by atoms with Crippen LogP contribution in [0.1, 0.15) is 24.0 Å². The Morgan fingerprint density at radius 3 is 3.16 bits per heavy atom. The lowest BCUT2D eigenvalue weighted by Gasteiger charge is -2.31. The number of nitrogens with one attached hydrogen (secondary N) is 1. The van der Waals surface area contributed by atoms with Crippen LogP contribution in [-0.4, -0.2) is 33.9 Å². The van der Waals surface area contributed by atoms with E-state index < -0.39 is 0 Å². The summed E-state index contributed by atoms with van der Waals surface area (Å²) in [4.78, 5) is 23.2. The Bertz CT molecular complexity index is 900. The van der Waals surface area contributed by atoms with Gasteiger partial charge in [-0.3, -0.25) is 9.69 Å². The number of amides is 1. The number of primary amides is 1. The zero-order chi connectivity index (χ0) is 17.4. The molecule has 1 saturated heterocycles. The third-order valence-electron chi connectivity index (χ3n) is 4.95. The van der Waals surface area contributed by atoms with Crippen molar-refractivity contribution in [2.45, 2.75) is 26.3 Å². The Morgan fingerprint density at radius 1 is 1.52 bits per heavy atom. The van der Waals surface area contributed by atoms with Crippen molar-refractivity contribution in [1.82, 2.24) is 14.9 Å². The van der Waals surface area contributed by atoms with Crippen molar-refractivity contribution in [2.24, 2.45) is 11.7 Å². The number of nitrogens with zero attached hydrogens (tertiary/aromatic N) is 2. The summed E-state index contributed by atoms with van der Waals surface area (Å²) < 4.78 is 0. The Kier molecular flexibility index (Phi) is 4.31. The van der Waals surface area contributed by atoms with E-state index >= 15 is 0 Å². The minimum atomic E-state index is -0.181. The van der Waals surface area contributed by atoms with Gasteiger partial charge in [-0.2, -0.15) is 0 Å². The van der Waals surface area contributed by atoms with Gasteiger partial charge < -0.3 is 10.7 Å². The summed E-state index contributed by atoms with van der Waals surface area (Å²) in [6, 6.07) is 6.40. The van der Waals surface area contributed by atoms with Crippen LogP contribution in [0.3, 0.4) is 0 Å². The van der Waals surface area contributed by atoms with Crippen molar-refractivity contribution in [3.63, 3.8) is 0 Å². The predicted octanol–water partition coefficient (Wildman–Crippen LogP) is 3.30. The van der Waals surface area contributed by atoms with Crippen LogP contribution in [0.5, 0.6) is 0 Å². The molecular formula is C19H22N4OS. The summed E-state index contributed by atoms with van der Waals surface area (Å²) in [5.41, 5.74) is 10.0. The predicted molar refractivity (Wildman–Crippen MR) is 101 cm³/mol. The third-order valence-corrected chi connectivity index (χ3v) is 5.84. The number of carbonyl (C=O) groups is 1. The van der Waals surface area contributed by atoms with Crippen molar-refractivity contribution in [3.8, 4) is 10.6 Å². The van der Waals surface area contributed by atoms with Gasteiger partial charge in [0.05, 0.1) is 16.5 Å². The second-order valence-electron chi connectivity index (χ2n) is 6.84. The highest BCUT2D eigenvalue weighted by atomic mass is 32.1. The lowest BCUT2D eigenvalue weighted by molar-refractivity contribution is -0.123. The van der Waals surface area contributed by atoms with E-state index in [1.807, 2.05) is 6.20 Å². The number of nitrogens with two attached hydrogens (primary N) is 1. The number of carbonyl (C=O) groups excluding carboxylic acids is 1. The Labute approximate surface area is 150 Å². The highest BCUT2D eigenvalue weighted by Gasteiger charge is 2.26. The molecule has 0 bridgehead atoms. The Balaban J connectivity index is 1.73. The number of likely N-dealkylation sites (tertiary alicyclic amines) is 1. The number of rotatable bonds is 4. The first-order valence-electron chi connectivity index (χ1n) is 8.64. The maximum Gasteiger partial charge on any atom is 0.221 e. The maximum absolute atomic E-state index is 11.6. The van der Waals surface area contributed by atoms with Gasteiger partial charge >= 0.3 is 0 Å². The largest absolute Gasteiger partial charge is 0.369 e. The fourth-order valence-electron chi connectivity index (χ4n) is 3.68. The molecule has 1 atom stereocenters. The molecule has 0 aromatic carbocycles. The van der Waals surface area contributed by atoms with Crippen molar-refractivity contribution >= 4 is 28.3 Å². The van der Waals surface area contributed by atoms with E-state index in [-0.39, 0.29) is 11.8 Å². The van der Waals surface area contributed by atoms with Crippen molar-refractivity contribution in [3.05, 3.63) is 40.9 Å². The fourth-order valence-corrected chi connectivity index (χ4v) is 4.43. The number of hydrogen-bond acceptors (Lipinski definition) is 4. The van der Waals surface area contributed by atoms with E-state index in [4.69, 9.17) is 5.73 Å². The first-order valence-corrected chi connectivity index (χ1v) is 9.52. The maximum atomic E-state index is 11.6. The van der Waals surface area contributed by atoms with E-state index in [0.717, 1.165) is 49.4 Å². The van der Waals surface area contributed by atoms with Crippen LogP contribution >= 0.6 is 11.3 Å². The number of thiophene rings is 1. The van der Waals surface area contributed by atoms with Gasteiger partial charge in [0.15, 0.2) is 0 Å². The number of H-pyrrole nitrogens is 1. The number of aromatic nitrogens is 2. The molecule has 0 unspecified atom stereocenters. The van der Waals surface area contributed by atoms with Crippen LogP contribution in [0.15, 0.2) is 29.8 Å². The average molecular weight is 354 g/mol. The third kappa shape index (κ3) is 3.19. The fraction of sp³-hybridized carbons (Fsp3) is 0.368. The van der Waals surface area contributed by atoms with E-state index in [2.05, 4.69) is 45.4 Å². The topological polar surface area (TPSA) is 75.0 Å². The van der Waals surface area contributed by atoms with Gasteiger partial charge in [-0.1, -0.05) is 6.07 Å². The molecule has 0 radical (unpaired) electrons. The van der Waals surface area contributed by atoms with Crippen molar-refractivity contribution in [2.75, 3.05) is 13.1 Å². The van der Waals surface area contributed by atoms with Crippen LogP contribution in [0, 0.1) is 12.8 Å². The Morgan fingerprint density at radius 2 is 2.40 bits per heavy atom. The molecule has 0 spiro atoms. The van der Waals surface area contributed by atoms with Crippen molar-refractivity contribution in [1.29, 1.82) is 0 Å². The standard InChI is InChI=1S/C19H22N4OS/c1-12-8-14-15(11-23-6-2-4-13(10-23)18(20)24)17(16-5-3-7-25-16)22-19(14)21-9-12/h3,5,7-9,13H,2,4,6,10-11H2,1H3,(H2,20,24)(H,21,22)/t13-/m0/s1. The van der Waals surface area contributed by atoms with Crippen molar-refractivity contribution < 1.29 is 4.79 Å². The first-order chi connectivity index (χ1) is 12.1. The second kappa shape index (κ2) is 6.61. The van der Waals surface area contributed by atoms with Gasteiger partial charge in [-0.25, -0.2) is 4.98 Å². The summed E-state index contributed by atoms with van der Waals surface area (Å²) in [7, 11) is 0. The van der Waals surface area contributed by atoms with Gasteiger partial charge in [0, 0.05) is 30.2 Å². The summed E-state index contributed by atoms with van der Waals surface area (Å²) in [6.45, 7) is 4.62. The van der Waals surface area contributed by atoms with Crippen LogP contribution in [-0.2, 0) is 11.3 Å². The zero-order valence-corrected chi connectivity index (χ0v) is 15.1. The molecule has 130 valence electrons. The zero-order valence-electron chi connectivity index (χ0n) is 14.3. The first kappa shape index (κ1) is 16.3. The monoisotopic (exact) mass is 354 g/mol. The number of aryl methyl sites for hydroxylation is 1. The van der Waals surface area contributed by atoms with Crippen LogP contribution in [0.25, 0.3) is 21.6 Å². The second-order valence-corrected chi connectivity index (χ2v) is 7.79. The molecule has 6 heteroatoms. The molecule has 4 heterocycles. The molecule has 4 rings (SSSR count). The SMILES string of the molecule is Cc1cnc2[nH]c(-c3cccs3)c(CN3CCC[C@H](C(N)=O)C3)c2c1. The number of hydrogen-bond donors (Lipinski definition) is 2. The normalized spacial score (nSPS) is 18.7. The van der Waals surface area contributed by atoms with Gasteiger partial charge in [-0.15, -0.1) is 11.3 Å². The lowest BCUT2D eigenvalue weighted by Crippen LogP contribution is -2.40. The van der Waals surface area contributed by atoms with Crippen LogP contribution < -0.4 is 5.73 Å². The molecule has 25 heavy (non-hydrogen) atoms. The number of aromatic amines is 1. The van der Waals surface area contributed by atoms with Gasteiger partial charge in [0.25, 0.3) is 0 Å². The molecule has 0 aliphatic carbocycles. The minimum absolute atomic E-state index is 0.0380. The van der Waals surface area contributed by atoms with E-state index in [0.29, 0.717) is 0 Å². The smallest absolute Gasteiger partial charge is 0.221 e. The molecule has 3 aromatic heterocycles. The van der Waals surface area contributed by atoms with Gasteiger partial charge in [0.2, 0.25) is 5.91 Å². The van der Waals surface area contributed by atoms with Crippen LogP contribution in [0.4, 0.5) is 0 Å². The Hall–Kier alpha value is -2.18. The van der Waals surface area contributed by atoms with Crippen LogP contribution in [0.2, 0.25) is 0 Å². The highest BCUT2D eigenvalue weighted by Crippen LogP contribution is 2.34. The van der Waals surface area contributed by atoms with Gasteiger partial charge in [0.1, 0.15) is 5.65 Å². The van der Waals surface area contributed by atoms with E-state index in [9.17, 15) is 4.79 Å². The molecule has 3 N–H and O–H groups in total. The van der Waals surface area contributed by atoms with E-state index in [1.165, 1.54) is 15.8 Å². The lowest BCUT2D eigenvalue weighted by atomic mass is 9.96. The number of fused-ring (bicyclic) bond motifs is 1. The molecule has 5 nitrogen and oxygen atoms in total. The summed E-state index contributed by atoms with van der Waals surface area (Å²) >= 11 is 1.73. The molecule has 3 aromatic rings.